The molecule has 1 aromatic rings. The predicted octanol–water partition coefficient (Wildman–Crippen LogP) is 3.64. The summed E-state index contributed by atoms with van der Waals surface area (Å²) in [6.07, 6.45) is -2.58. The molecule has 2 rings (SSSR count). The van der Waals surface area contributed by atoms with Crippen LogP contribution >= 0.6 is 0 Å². The molecule has 1 amide bonds. The Kier molecular flexibility index (Phi) is 5.51. The van der Waals surface area contributed by atoms with E-state index in [-0.39, 0.29) is 17.7 Å². The van der Waals surface area contributed by atoms with Gasteiger partial charge in [0, 0.05) is 5.69 Å². The van der Waals surface area contributed by atoms with Crippen LogP contribution < -0.4 is 10.1 Å². The number of benzene rings is 1. The maximum atomic E-state index is 12.2. The SMILES string of the molecule is CC1CCN(C(C)C(=O)Nc2ccc(OC(F)(F)F)cc2)CC1. The number of alkyl halides is 3. The highest BCUT2D eigenvalue weighted by Gasteiger charge is 2.31. The summed E-state index contributed by atoms with van der Waals surface area (Å²) in [7, 11) is 0. The summed E-state index contributed by atoms with van der Waals surface area (Å²) in [6.45, 7) is 5.81. The van der Waals surface area contributed by atoms with Crippen LogP contribution in [-0.2, 0) is 4.79 Å². The maximum Gasteiger partial charge on any atom is 0.573 e. The molecule has 1 fully saturated rings. The summed E-state index contributed by atoms with van der Waals surface area (Å²) in [5.41, 5.74) is 0.446. The smallest absolute Gasteiger partial charge is 0.406 e. The molecule has 4 nitrogen and oxygen atoms in total. The van der Waals surface area contributed by atoms with Gasteiger partial charge in [-0.2, -0.15) is 0 Å². The van der Waals surface area contributed by atoms with E-state index < -0.39 is 6.36 Å². The number of nitrogens with one attached hydrogen (secondary N) is 1. The lowest BCUT2D eigenvalue weighted by molar-refractivity contribution is -0.274. The average molecular weight is 330 g/mol. The number of carbonyl (C=O) groups is 1. The fraction of sp³-hybridized carbons (Fsp3) is 0.562. The molecule has 1 unspecified atom stereocenters. The van der Waals surface area contributed by atoms with Gasteiger partial charge >= 0.3 is 6.36 Å². The Morgan fingerprint density at radius 3 is 2.35 bits per heavy atom. The highest BCUT2D eigenvalue weighted by Crippen LogP contribution is 2.24. The summed E-state index contributed by atoms with van der Waals surface area (Å²) < 4.78 is 40.1. The van der Waals surface area contributed by atoms with Gasteiger partial charge in [-0.1, -0.05) is 6.92 Å². The maximum absolute atomic E-state index is 12.2. The molecule has 1 aliphatic rings. The first-order chi connectivity index (χ1) is 10.7. The minimum atomic E-state index is -4.72. The summed E-state index contributed by atoms with van der Waals surface area (Å²) in [5, 5.41) is 2.72. The molecule has 1 aliphatic heterocycles. The number of nitrogens with zero attached hydrogens (tertiary/aromatic N) is 1. The van der Waals surface area contributed by atoms with Crippen LogP contribution in [0.3, 0.4) is 0 Å². The summed E-state index contributed by atoms with van der Waals surface area (Å²) in [5.74, 6) is 0.209. The molecule has 23 heavy (non-hydrogen) atoms. The third-order valence-electron chi connectivity index (χ3n) is 4.10. The predicted molar refractivity (Wildman–Crippen MR) is 81.2 cm³/mol. The molecule has 0 aromatic heterocycles. The molecule has 1 N–H and O–H groups in total. The van der Waals surface area contributed by atoms with Crippen molar-refractivity contribution in [2.75, 3.05) is 18.4 Å². The number of piperidine rings is 1. The van der Waals surface area contributed by atoms with Crippen molar-refractivity contribution in [2.24, 2.45) is 5.92 Å². The number of rotatable bonds is 4. The molecule has 1 heterocycles. The number of amides is 1. The largest absolute Gasteiger partial charge is 0.573 e. The Hall–Kier alpha value is -1.76. The van der Waals surface area contributed by atoms with Crippen LogP contribution in [0.1, 0.15) is 26.7 Å². The Labute approximate surface area is 133 Å². The van der Waals surface area contributed by atoms with Gasteiger partial charge < -0.3 is 10.1 Å². The first kappa shape index (κ1) is 17.6. The number of hydrogen-bond donors (Lipinski definition) is 1. The molecule has 0 spiro atoms. The van der Waals surface area contributed by atoms with Crippen molar-refractivity contribution in [3.63, 3.8) is 0 Å². The second-order valence-electron chi connectivity index (χ2n) is 5.96. The molecular formula is C16H21F3N2O2. The van der Waals surface area contributed by atoms with Gasteiger partial charge in [0.05, 0.1) is 6.04 Å². The average Bonchev–Trinajstić information content (AvgIpc) is 2.48. The molecule has 128 valence electrons. The van der Waals surface area contributed by atoms with Gasteiger partial charge in [0.2, 0.25) is 5.91 Å². The van der Waals surface area contributed by atoms with Crippen molar-refractivity contribution in [3.05, 3.63) is 24.3 Å². The summed E-state index contributed by atoms with van der Waals surface area (Å²) in [4.78, 5) is 14.4. The zero-order valence-corrected chi connectivity index (χ0v) is 13.2. The molecule has 1 aromatic carbocycles. The fourth-order valence-electron chi connectivity index (χ4n) is 2.57. The number of carbonyl (C=O) groups excluding carboxylic acids is 1. The van der Waals surface area contributed by atoms with Gasteiger partial charge in [-0.25, -0.2) is 0 Å². The van der Waals surface area contributed by atoms with Crippen LogP contribution in [0.15, 0.2) is 24.3 Å². The van der Waals surface area contributed by atoms with Crippen LogP contribution in [0.2, 0.25) is 0 Å². The first-order valence-corrected chi connectivity index (χ1v) is 7.65. The van der Waals surface area contributed by atoms with Gasteiger partial charge in [0.15, 0.2) is 0 Å². The van der Waals surface area contributed by atoms with Crippen LogP contribution in [0, 0.1) is 5.92 Å². The van der Waals surface area contributed by atoms with Crippen molar-refractivity contribution in [3.8, 4) is 5.75 Å². The molecule has 0 saturated carbocycles. The quantitative estimate of drug-likeness (QED) is 0.916. The lowest BCUT2D eigenvalue weighted by Gasteiger charge is -2.34. The monoisotopic (exact) mass is 330 g/mol. The first-order valence-electron chi connectivity index (χ1n) is 7.65. The highest BCUT2D eigenvalue weighted by molar-refractivity contribution is 5.94. The van der Waals surface area contributed by atoms with E-state index in [9.17, 15) is 18.0 Å². The van der Waals surface area contributed by atoms with Crippen molar-refractivity contribution >= 4 is 11.6 Å². The van der Waals surface area contributed by atoms with Crippen LogP contribution in [0.5, 0.6) is 5.75 Å². The van der Waals surface area contributed by atoms with E-state index in [4.69, 9.17) is 0 Å². The van der Waals surface area contributed by atoms with E-state index in [1.165, 1.54) is 24.3 Å². The highest BCUT2D eigenvalue weighted by atomic mass is 19.4. The third kappa shape index (κ3) is 5.42. The number of hydrogen-bond acceptors (Lipinski definition) is 3. The Morgan fingerprint density at radius 2 is 1.83 bits per heavy atom. The topological polar surface area (TPSA) is 41.6 Å². The van der Waals surface area contributed by atoms with E-state index in [0.29, 0.717) is 11.6 Å². The Balaban J connectivity index is 1.89. The molecule has 7 heteroatoms. The normalized spacial score (nSPS) is 18.5. The Morgan fingerprint density at radius 1 is 1.26 bits per heavy atom. The Bertz CT molecular complexity index is 523. The van der Waals surface area contributed by atoms with Crippen LogP contribution in [0.4, 0.5) is 18.9 Å². The van der Waals surface area contributed by atoms with E-state index >= 15 is 0 Å². The lowest BCUT2D eigenvalue weighted by atomic mass is 9.98. The minimum absolute atomic E-state index is 0.163. The number of halogens is 3. The zero-order valence-electron chi connectivity index (χ0n) is 13.2. The van der Waals surface area contributed by atoms with Gasteiger partial charge in [-0.3, -0.25) is 9.69 Å². The number of likely N-dealkylation sites (tertiary alicyclic amines) is 1. The summed E-state index contributed by atoms with van der Waals surface area (Å²) in [6, 6.07) is 4.87. The van der Waals surface area contributed by atoms with Gasteiger partial charge in [0.25, 0.3) is 0 Å². The summed E-state index contributed by atoms with van der Waals surface area (Å²) >= 11 is 0. The second-order valence-corrected chi connectivity index (χ2v) is 5.96. The fourth-order valence-corrected chi connectivity index (χ4v) is 2.57. The molecule has 0 aliphatic carbocycles. The van der Waals surface area contributed by atoms with E-state index in [1.807, 2.05) is 6.92 Å². The van der Waals surface area contributed by atoms with E-state index in [1.54, 1.807) is 0 Å². The molecule has 1 atom stereocenters. The van der Waals surface area contributed by atoms with Crippen molar-refractivity contribution in [2.45, 2.75) is 39.1 Å². The van der Waals surface area contributed by atoms with E-state index in [2.05, 4.69) is 21.9 Å². The van der Waals surface area contributed by atoms with Crippen molar-refractivity contribution in [1.82, 2.24) is 4.90 Å². The van der Waals surface area contributed by atoms with Gasteiger partial charge in [0.1, 0.15) is 5.75 Å². The molecule has 1 saturated heterocycles. The van der Waals surface area contributed by atoms with Crippen molar-refractivity contribution < 1.29 is 22.7 Å². The lowest BCUT2D eigenvalue weighted by Crippen LogP contribution is -2.45. The van der Waals surface area contributed by atoms with Crippen LogP contribution in [0.25, 0.3) is 0 Å². The molecule has 0 bridgehead atoms. The zero-order chi connectivity index (χ0) is 17.0. The molecular weight excluding hydrogens is 309 g/mol. The second kappa shape index (κ2) is 7.21. The standard InChI is InChI=1S/C16H21F3N2O2/c1-11-7-9-21(10-8-11)12(2)15(22)20-13-3-5-14(6-4-13)23-16(17,18)19/h3-6,11-12H,7-10H2,1-2H3,(H,20,22). The number of ether oxygens (including phenoxy) is 1. The third-order valence-corrected chi connectivity index (χ3v) is 4.10. The molecule has 0 radical (unpaired) electrons. The minimum Gasteiger partial charge on any atom is -0.406 e. The van der Waals surface area contributed by atoms with Crippen LogP contribution in [-0.4, -0.2) is 36.3 Å². The van der Waals surface area contributed by atoms with Crippen molar-refractivity contribution in [1.29, 1.82) is 0 Å². The van der Waals surface area contributed by atoms with E-state index in [0.717, 1.165) is 25.9 Å². The van der Waals surface area contributed by atoms with Gasteiger partial charge in [-0.05, 0) is 63.0 Å². The number of anilines is 1. The van der Waals surface area contributed by atoms with Gasteiger partial charge in [-0.15, -0.1) is 13.2 Å².